The Morgan fingerprint density at radius 1 is 0.982 bits per heavy atom. The average Bonchev–Trinajstić information content (AvgIpc) is 4.11. The summed E-state index contributed by atoms with van der Waals surface area (Å²) in [5.41, 5.74) is 19.5. The van der Waals surface area contributed by atoms with Crippen molar-refractivity contribution in [2.24, 2.45) is 23.3 Å². The summed E-state index contributed by atoms with van der Waals surface area (Å²) in [5.74, 6) is 1.49. The lowest BCUT2D eigenvalue weighted by atomic mass is 9.91. The van der Waals surface area contributed by atoms with E-state index in [1.807, 2.05) is 30.5 Å². The smallest absolute Gasteiger partial charge is 0.269 e. The second-order valence-corrected chi connectivity index (χ2v) is 15.5. The largest absolute Gasteiger partial charge is 0.393 e. The van der Waals surface area contributed by atoms with Gasteiger partial charge in [-0.05, 0) is 63.3 Å². The number of carbonyl (C=O) groups excluding carboxylic acids is 3. The van der Waals surface area contributed by atoms with E-state index in [2.05, 4.69) is 74.3 Å². The highest BCUT2D eigenvalue weighted by atomic mass is 16.2. The number of rotatable bonds is 12. The van der Waals surface area contributed by atoms with Crippen LogP contribution in [0.2, 0.25) is 0 Å². The van der Waals surface area contributed by atoms with Crippen molar-refractivity contribution in [1.29, 1.82) is 0 Å². The van der Waals surface area contributed by atoms with Crippen molar-refractivity contribution in [3.05, 3.63) is 83.0 Å². The van der Waals surface area contributed by atoms with E-state index in [1.165, 1.54) is 18.8 Å². The molecule has 7 N–H and O–H groups in total. The van der Waals surface area contributed by atoms with Crippen LogP contribution in [0.1, 0.15) is 79.9 Å². The maximum Gasteiger partial charge on any atom is 0.269 e. The van der Waals surface area contributed by atoms with Crippen molar-refractivity contribution in [1.82, 2.24) is 35.2 Å². The van der Waals surface area contributed by atoms with Crippen LogP contribution in [-0.2, 0) is 16.1 Å². The minimum absolute atomic E-state index is 0.0781. The number of allylic oxidation sites excluding steroid dienone is 1. The number of aldehydes is 2. The Morgan fingerprint density at radius 2 is 1.71 bits per heavy atom. The van der Waals surface area contributed by atoms with E-state index in [4.69, 9.17) is 16.6 Å². The van der Waals surface area contributed by atoms with E-state index in [0.29, 0.717) is 29.7 Å². The van der Waals surface area contributed by atoms with Gasteiger partial charge in [0.15, 0.2) is 6.29 Å². The van der Waals surface area contributed by atoms with Crippen molar-refractivity contribution in [3.63, 3.8) is 0 Å². The summed E-state index contributed by atoms with van der Waals surface area (Å²) >= 11 is 0. The quantitative estimate of drug-likeness (QED) is 0.103. The normalized spacial score (nSPS) is 20.1. The Kier molecular flexibility index (Phi) is 12.6. The maximum atomic E-state index is 12.9. The number of likely N-dealkylation sites (tertiary alicyclic amines) is 2. The molecule has 8 rings (SSSR count). The lowest BCUT2D eigenvalue weighted by Gasteiger charge is -2.43. The summed E-state index contributed by atoms with van der Waals surface area (Å²) in [6.45, 7) is 9.47. The SMILES string of the molecule is CC1CN(C)C1.CCC1c2c(cnn2C2CN(Cc3cccc(C=O)n3)C2)-c2cccc(NC(/C=C(\N)NC)=C(/N)C(=O)NC3CC3)c2N1C.O=CC1CC1. The number of para-hydroxylation sites is 1. The van der Waals surface area contributed by atoms with Crippen molar-refractivity contribution in [3.8, 4) is 11.1 Å². The lowest BCUT2D eigenvalue weighted by Crippen LogP contribution is -2.48. The Hall–Kier alpha value is -5.21. The highest BCUT2D eigenvalue weighted by Crippen LogP contribution is 2.49. The number of nitrogens with one attached hydrogen (secondary N) is 3. The average molecular weight is 752 g/mol. The van der Waals surface area contributed by atoms with E-state index in [9.17, 15) is 14.4 Å². The molecule has 2 aromatic heterocycles. The van der Waals surface area contributed by atoms with Gasteiger partial charge in [0.1, 0.15) is 17.7 Å². The van der Waals surface area contributed by atoms with Crippen LogP contribution in [0.15, 0.2) is 65.9 Å². The van der Waals surface area contributed by atoms with Crippen molar-refractivity contribution in [2.75, 3.05) is 57.5 Å². The molecule has 2 saturated heterocycles. The van der Waals surface area contributed by atoms with Crippen molar-refractivity contribution >= 4 is 29.9 Å². The van der Waals surface area contributed by atoms with Gasteiger partial charge in [-0.2, -0.15) is 5.10 Å². The molecule has 3 aromatic rings. The molecule has 5 aliphatic rings. The van der Waals surface area contributed by atoms with Gasteiger partial charge in [-0.25, -0.2) is 4.98 Å². The van der Waals surface area contributed by atoms with Crippen LogP contribution in [0, 0.1) is 11.8 Å². The first-order valence-electron chi connectivity index (χ1n) is 19.5. The van der Waals surface area contributed by atoms with Gasteiger partial charge in [0.25, 0.3) is 5.91 Å². The van der Waals surface area contributed by atoms with Crippen LogP contribution in [0.5, 0.6) is 0 Å². The van der Waals surface area contributed by atoms with E-state index in [-0.39, 0.29) is 29.7 Å². The Balaban J connectivity index is 0.000000401. The molecule has 294 valence electrons. The number of amides is 1. The van der Waals surface area contributed by atoms with Crippen LogP contribution in [0.4, 0.5) is 11.4 Å². The predicted molar refractivity (Wildman–Crippen MR) is 216 cm³/mol. The first kappa shape index (κ1) is 39.5. The molecule has 14 heteroatoms. The van der Waals surface area contributed by atoms with Gasteiger partial charge in [-0.3, -0.25) is 19.2 Å². The fraction of sp³-hybridized carbons (Fsp3) is 0.488. The summed E-state index contributed by atoms with van der Waals surface area (Å²) in [6, 6.07) is 12.2. The standard InChI is InChI=1S/C32H40N10O2.C5H11N.C4H6O/c1-4-27-31-24(14-36-42(31)22-16-41(17-22)15-20-7-5-8-21(18-43)37-20)23-9-6-10-25(30(23)40(27)3)39-26(13-28(33)35-2)29(34)32(44)38-19-11-12-19;1-5-3-6(2)4-5;5-3-4-1-2-4/h5-10,13-14,18-19,22,27,35,39H,4,11-12,15-17,33-34H2,1-3H3,(H,38,44);5H,3-4H2,1-2H3;3-4H,1-2H2/b28-13+,29-26+;;. The summed E-state index contributed by atoms with van der Waals surface area (Å²) in [6.07, 6.45) is 10.5. The van der Waals surface area contributed by atoms with Gasteiger partial charge in [0.05, 0.1) is 52.6 Å². The Bertz CT molecular complexity index is 1900. The third kappa shape index (κ3) is 9.54. The molecule has 55 heavy (non-hydrogen) atoms. The van der Waals surface area contributed by atoms with E-state index < -0.39 is 0 Å². The van der Waals surface area contributed by atoms with Gasteiger partial charge in [0.2, 0.25) is 0 Å². The molecule has 4 fully saturated rings. The number of benzene rings is 1. The van der Waals surface area contributed by atoms with Crippen molar-refractivity contribution < 1.29 is 14.4 Å². The minimum Gasteiger partial charge on any atom is -0.393 e. The topological polar surface area (TPSA) is 180 Å². The minimum atomic E-state index is -0.315. The van der Waals surface area contributed by atoms with Crippen LogP contribution in [-0.4, -0.2) is 96.4 Å². The molecule has 1 aromatic carbocycles. The molecule has 3 aliphatic heterocycles. The maximum absolute atomic E-state index is 12.9. The number of nitrogens with two attached hydrogens (primary N) is 2. The zero-order valence-electron chi connectivity index (χ0n) is 32.8. The number of nitrogens with zero attached hydrogens (tertiary/aromatic N) is 6. The van der Waals surface area contributed by atoms with Gasteiger partial charge in [-0.1, -0.05) is 32.0 Å². The molecule has 1 amide bonds. The summed E-state index contributed by atoms with van der Waals surface area (Å²) < 4.78 is 2.19. The summed E-state index contributed by atoms with van der Waals surface area (Å²) in [7, 11) is 5.97. The summed E-state index contributed by atoms with van der Waals surface area (Å²) in [4.78, 5) is 45.0. The number of hydrogen-bond acceptors (Lipinski definition) is 12. The van der Waals surface area contributed by atoms with Crippen LogP contribution >= 0.6 is 0 Å². The summed E-state index contributed by atoms with van der Waals surface area (Å²) in [5, 5.41) is 14.2. The molecule has 2 aliphatic carbocycles. The number of hydrogen-bond donors (Lipinski definition) is 5. The van der Waals surface area contributed by atoms with Crippen LogP contribution < -0.4 is 32.3 Å². The van der Waals surface area contributed by atoms with Crippen molar-refractivity contribution in [2.45, 2.75) is 70.6 Å². The van der Waals surface area contributed by atoms with Gasteiger partial charge < -0.3 is 42.0 Å². The van der Waals surface area contributed by atoms with E-state index in [0.717, 1.165) is 91.9 Å². The second kappa shape index (κ2) is 17.5. The first-order valence-corrected chi connectivity index (χ1v) is 19.5. The van der Waals surface area contributed by atoms with Crippen LogP contribution in [0.3, 0.4) is 0 Å². The third-order valence-corrected chi connectivity index (χ3v) is 10.7. The molecule has 0 bridgehead atoms. The highest BCUT2D eigenvalue weighted by Gasteiger charge is 2.38. The fourth-order valence-corrected chi connectivity index (χ4v) is 7.37. The van der Waals surface area contributed by atoms with E-state index >= 15 is 0 Å². The third-order valence-electron chi connectivity index (χ3n) is 10.7. The van der Waals surface area contributed by atoms with Gasteiger partial charge >= 0.3 is 0 Å². The molecule has 2 saturated carbocycles. The lowest BCUT2D eigenvalue weighted by molar-refractivity contribution is -0.117. The zero-order valence-corrected chi connectivity index (χ0v) is 32.8. The number of pyridine rings is 1. The Labute approximate surface area is 324 Å². The van der Waals surface area contributed by atoms with E-state index in [1.54, 1.807) is 19.2 Å². The number of fused-ring (bicyclic) bond motifs is 3. The zero-order chi connectivity index (χ0) is 39.2. The van der Waals surface area contributed by atoms with Gasteiger partial charge in [-0.15, -0.1) is 0 Å². The second-order valence-electron chi connectivity index (χ2n) is 15.5. The number of anilines is 2. The molecule has 1 atom stereocenters. The molecular weight excluding hydrogens is 695 g/mol. The monoisotopic (exact) mass is 751 g/mol. The number of aromatic nitrogens is 3. The number of carbonyl (C=O) groups is 3. The first-order chi connectivity index (χ1) is 26.5. The molecule has 0 spiro atoms. The molecule has 14 nitrogen and oxygen atoms in total. The molecule has 1 unspecified atom stereocenters. The molecule has 5 heterocycles. The Morgan fingerprint density at radius 3 is 2.27 bits per heavy atom. The molecule has 0 radical (unpaired) electrons. The van der Waals surface area contributed by atoms with Crippen LogP contribution in [0.25, 0.3) is 11.1 Å². The fourth-order valence-electron chi connectivity index (χ4n) is 7.37. The van der Waals surface area contributed by atoms with Gasteiger partial charge in [0, 0.05) is 76.0 Å². The predicted octanol–water partition coefficient (Wildman–Crippen LogP) is 3.76. The molecular formula is C41H57N11O3. The highest BCUT2D eigenvalue weighted by molar-refractivity contribution is 5.96.